The molecule has 1 aromatic carbocycles. The molecule has 4 nitrogen and oxygen atoms in total. The van der Waals surface area contributed by atoms with Gasteiger partial charge in [-0.2, -0.15) is 0 Å². The van der Waals surface area contributed by atoms with Crippen molar-refractivity contribution in [3.63, 3.8) is 0 Å². The lowest BCUT2D eigenvalue weighted by Crippen LogP contribution is -2.16. The van der Waals surface area contributed by atoms with Crippen molar-refractivity contribution >= 4 is 0 Å². The van der Waals surface area contributed by atoms with Crippen LogP contribution in [0, 0.1) is 5.92 Å². The molecule has 0 bridgehead atoms. The molecule has 0 amide bonds. The number of benzene rings is 1. The van der Waals surface area contributed by atoms with Crippen molar-refractivity contribution in [1.29, 1.82) is 0 Å². The van der Waals surface area contributed by atoms with Gasteiger partial charge in [0.05, 0.1) is 13.2 Å². The molecule has 1 saturated carbocycles. The van der Waals surface area contributed by atoms with Gasteiger partial charge in [0.1, 0.15) is 0 Å². The largest absolute Gasteiger partial charge is 0.490 e. The normalized spacial score (nSPS) is 17.5. The van der Waals surface area contributed by atoms with Gasteiger partial charge in [0.25, 0.3) is 0 Å². The number of ether oxygens (including phenoxy) is 3. The molecule has 2 aliphatic rings. The predicted molar refractivity (Wildman–Crippen MR) is 81.9 cm³/mol. The predicted octanol–water partition coefficient (Wildman–Crippen LogP) is 2.75. The fourth-order valence-electron chi connectivity index (χ4n) is 2.38. The van der Waals surface area contributed by atoms with Crippen LogP contribution in [0.25, 0.3) is 0 Å². The molecule has 1 heterocycles. The number of nitrogens with one attached hydrogen (secondary N) is 1. The molecule has 1 N–H and O–H groups in total. The van der Waals surface area contributed by atoms with Crippen molar-refractivity contribution in [2.24, 2.45) is 5.92 Å². The van der Waals surface area contributed by atoms with E-state index in [1.54, 1.807) is 0 Å². The minimum absolute atomic E-state index is 0.738. The second kappa shape index (κ2) is 7.66. The number of hydrogen-bond donors (Lipinski definition) is 1. The van der Waals surface area contributed by atoms with Crippen LogP contribution in [0.3, 0.4) is 0 Å². The Morgan fingerprint density at radius 1 is 1.14 bits per heavy atom. The average Bonchev–Trinajstić information content (AvgIpc) is 3.32. The molecule has 0 aromatic heterocycles. The van der Waals surface area contributed by atoms with Crippen LogP contribution >= 0.6 is 0 Å². The summed E-state index contributed by atoms with van der Waals surface area (Å²) >= 11 is 0. The molecule has 0 unspecified atom stereocenters. The van der Waals surface area contributed by atoms with E-state index >= 15 is 0 Å². The summed E-state index contributed by atoms with van der Waals surface area (Å²) in [5.74, 6) is 2.60. The van der Waals surface area contributed by atoms with Crippen molar-refractivity contribution in [1.82, 2.24) is 5.32 Å². The minimum Gasteiger partial charge on any atom is -0.490 e. The van der Waals surface area contributed by atoms with Crippen LogP contribution in [0.5, 0.6) is 11.5 Å². The Morgan fingerprint density at radius 3 is 2.86 bits per heavy atom. The minimum atomic E-state index is 0.738. The van der Waals surface area contributed by atoms with E-state index in [1.165, 1.54) is 18.4 Å². The Balaban J connectivity index is 1.33. The first-order valence-electron chi connectivity index (χ1n) is 8.09. The summed E-state index contributed by atoms with van der Waals surface area (Å²) in [6, 6.07) is 6.19. The summed E-state index contributed by atoms with van der Waals surface area (Å²) in [7, 11) is 0. The zero-order chi connectivity index (χ0) is 14.3. The van der Waals surface area contributed by atoms with Crippen molar-refractivity contribution in [2.75, 3.05) is 33.0 Å². The first-order chi connectivity index (χ1) is 10.4. The van der Waals surface area contributed by atoms with Gasteiger partial charge in [-0.3, -0.25) is 0 Å². The molecule has 0 atom stereocenters. The lowest BCUT2D eigenvalue weighted by atomic mass is 10.2. The van der Waals surface area contributed by atoms with E-state index in [4.69, 9.17) is 14.2 Å². The Morgan fingerprint density at radius 2 is 2.00 bits per heavy atom. The van der Waals surface area contributed by atoms with Crippen LogP contribution in [0.1, 0.15) is 31.2 Å². The quantitative estimate of drug-likeness (QED) is 0.748. The first-order valence-corrected chi connectivity index (χ1v) is 8.09. The molecule has 1 aliphatic carbocycles. The highest BCUT2D eigenvalue weighted by molar-refractivity contribution is 5.43. The number of rotatable bonds is 8. The maximum Gasteiger partial charge on any atom is 0.161 e. The Hall–Kier alpha value is -1.26. The van der Waals surface area contributed by atoms with E-state index in [-0.39, 0.29) is 0 Å². The summed E-state index contributed by atoms with van der Waals surface area (Å²) in [5, 5.41) is 3.45. The smallest absolute Gasteiger partial charge is 0.161 e. The molecule has 3 rings (SSSR count). The zero-order valence-corrected chi connectivity index (χ0v) is 12.6. The lowest BCUT2D eigenvalue weighted by molar-refractivity contribution is 0.122. The molecule has 4 heteroatoms. The highest BCUT2D eigenvalue weighted by atomic mass is 16.5. The van der Waals surface area contributed by atoms with Gasteiger partial charge >= 0.3 is 0 Å². The number of hydrogen-bond acceptors (Lipinski definition) is 4. The van der Waals surface area contributed by atoms with E-state index in [1.807, 2.05) is 6.07 Å². The molecule has 1 fully saturated rings. The second-order valence-electron chi connectivity index (χ2n) is 5.88. The summed E-state index contributed by atoms with van der Waals surface area (Å²) < 4.78 is 17.0. The van der Waals surface area contributed by atoms with Gasteiger partial charge in [0, 0.05) is 26.2 Å². The zero-order valence-electron chi connectivity index (χ0n) is 12.6. The molecule has 0 saturated heterocycles. The van der Waals surface area contributed by atoms with Crippen molar-refractivity contribution < 1.29 is 14.2 Å². The monoisotopic (exact) mass is 291 g/mol. The third-order valence-corrected chi connectivity index (χ3v) is 3.83. The Labute approximate surface area is 126 Å². The van der Waals surface area contributed by atoms with E-state index in [0.29, 0.717) is 0 Å². The van der Waals surface area contributed by atoms with Gasteiger partial charge in [-0.25, -0.2) is 0 Å². The fraction of sp³-hybridized carbons (Fsp3) is 0.647. The molecule has 1 aromatic rings. The Bertz CT molecular complexity index is 446. The standard InChI is InChI=1S/C17H25NO3/c1(8-19-13-14-3-4-14)7-18-12-15-5-6-16-17(11-15)21-10-2-9-20-16/h5-6,11,14,18H,1-4,7-10,12-13H2. The van der Waals surface area contributed by atoms with Gasteiger partial charge in [0.15, 0.2) is 11.5 Å². The van der Waals surface area contributed by atoms with E-state index in [2.05, 4.69) is 17.4 Å². The highest BCUT2D eigenvalue weighted by Gasteiger charge is 2.20. The van der Waals surface area contributed by atoms with Crippen molar-refractivity contribution in [3.8, 4) is 11.5 Å². The molecular weight excluding hydrogens is 266 g/mol. The second-order valence-corrected chi connectivity index (χ2v) is 5.88. The van der Waals surface area contributed by atoms with Crippen LogP contribution < -0.4 is 14.8 Å². The van der Waals surface area contributed by atoms with E-state index < -0.39 is 0 Å². The van der Waals surface area contributed by atoms with Crippen LogP contribution in [-0.4, -0.2) is 33.0 Å². The maximum absolute atomic E-state index is 5.70. The van der Waals surface area contributed by atoms with Crippen LogP contribution in [0.2, 0.25) is 0 Å². The first kappa shape index (κ1) is 14.7. The topological polar surface area (TPSA) is 39.7 Å². The molecule has 21 heavy (non-hydrogen) atoms. The molecular formula is C17H25NO3. The van der Waals surface area contributed by atoms with Crippen molar-refractivity contribution in [3.05, 3.63) is 23.8 Å². The molecule has 1 aliphatic heterocycles. The van der Waals surface area contributed by atoms with Gasteiger partial charge in [0.2, 0.25) is 0 Å². The fourth-order valence-corrected chi connectivity index (χ4v) is 2.38. The SMILES string of the molecule is c1cc2c(cc1CNCCCOCC1CC1)OCCCO2. The van der Waals surface area contributed by atoms with Crippen LogP contribution in [0.4, 0.5) is 0 Å². The van der Waals surface area contributed by atoms with Gasteiger partial charge in [-0.05, 0) is 49.4 Å². The van der Waals surface area contributed by atoms with Crippen molar-refractivity contribution in [2.45, 2.75) is 32.2 Å². The van der Waals surface area contributed by atoms with Crippen LogP contribution in [0.15, 0.2) is 18.2 Å². The molecule has 0 spiro atoms. The molecule has 116 valence electrons. The summed E-state index contributed by atoms with van der Waals surface area (Å²) in [6.07, 6.45) is 4.74. The van der Waals surface area contributed by atoms with Gasteiger partial charge < -0.3 is 19.5 Å². The summed E-state index contributed by atoms with van der Waals surface area (Å²) in [5.41, 5.74) is 1.23. The van der Waals surface area contributed by atoms with Crippen LogP contribution in [-0.2, 0) is 11.3 Å². The summed E-state index contributed by atoms with van der Waals surface area (Å²) in [4.78, 5) is 0. The third-order valence-electron chi connectivity index (χ3n) is 3.83. The Kier molecular flexibility index (Phi) is 5.35. The average molecular weight is 291 g/mol. The third kappa shape index (κ3) is 4.90. The summed E-state index contributed by atoms with van der Waals surface area (Å²) in [6.45, 7) is 5.15. The molecule has 0 radical (unpaired) electrons. The maximum atomic E-state index is 5.70. The van der Waals surface area contributed by atoms with Gasteiger partial charge in [-0.15, -0.1) is 0 Å². The van der Waals surface area contributed by atoms with E-state index in [9.17, 15) is 0 Å². The number of fused-ring (bicyclic) bond motifs is 1. The van der Waals surface area contributed by atoms with E-state index in [0.717, 1.165) is 69.8 Å². The lowest BCUT2D eigenvalue weighted by Gasteiger charge is -2.10. The van der Waals surface area contributed by atoms with Gasteiger partial charge in [-0.1, -0.05) is 6.07 Å². The highest BCUT2D eigenvalue weighted by Crippen LogP contribution is 2.30.